The van der Waals surface area contributed by atoms with Gasteiger partial charge in [0.25, 0.3) is 5.69 Å². The van der Waals surface area contributed by atoms with E-state index in [1.165, 1.54) is 13.0 Å². The highest BCUT2D eigenvalue weighted by Crippen LogP contribution is 2.21. The van der Waals surface area contributed by atoms with Crippen molar-refractivity contribution in [3.8, 4) is 0 Å². The second-order valence-corrected chi connectivity index (χ2v) is 4.34. The first-order valence-electron chi connectivity index (χ1n) is 6.36. The highest BCUT2D eigenvalue weighted by molar-refractivity contribution is 5.97. The summed E-state index contributed by atoms with van der Waals surface area (Å²) in [5, 5.41) is 10.9. The van der Waals surface area contributed by atoms with Crippen molar-refractivity contribution in [2.75, 3.05) is 6.61 Å². The summed E-state index contributed by atoms with van der Waals surface area (Å²) in [6.45, 7) is 3.19. The van der Waals surface area contributed by atoms with Crippen molar-refractivity contribution < 1.29 is 19.2 Å². The van der Waals surface area contributed by atoms with E-state index < -0.39 is 16.8 Å². The number of hydrogen-bond donors (Lipinski definition) is 0. The van der Waals surface area contributed by atoms with Crippen LogP contribution in [0.25, 0.3) is 0 Å². The van der Waals surface area contributed by atoms with Crippen LogP contribution in [0, 0.1) is 16.0 Å². The average molecular weight is 279 g/mol. The predicted octanol–water partition coefficient (Wildman–Crippen LogP) is 2.30. The molecular formula is C14H17NO5. The van der Waals surface area contributed by atoms with Crippen molar-refractivity contribution in [2.24, 2.45) is 5.92 Å². The van der Waals surface area contributed by atoms with E-state index in [-0.39, 0.29) is 30.9 Å². The smallest absolute Gasteiger partial charge is 0.316 e. The van der Waals surface area contributed by atoms with Gasteiger partial charge in [0.05, 0.1) is 11.5 Å². The standard InChI is InChI=1S/C14H17NO5/c1-3-20-14(17)12(10(2)16)9-8-11-6-4-5-7-13(11)15(18)19/h4-7,12H,3,8-9H2,1-2H3/t12-/m1/s1. The van der Waals surface area contributed by atoms with Gasteiger partial charge in [0.2, 0.25) is 0 Å². The van der Waals surface area contributed by atoms with Crippen molar-refractivity contribution >= 4 is 17.4 Å². The molecule has 1 aromatic rings. The van der Waals surface area contributed by atoms with Crippen LogP contribution in [-0.2, 0) is 20.7 Å². The van der Waals surface area contributed by atoms with E-state index in [2.05, 4.69) is 0 Å². The number of hydrogen-bond acceptors (Lipinski definition) is 5. The third-order valence-corrected chi connectivity index (χ3v) is 2.95. The predicted molar refractivity (Wildman–Crippen MR) is 72.2 cm³/mol. The fraction of sp³-hybridized carbons (Fsp3) is 0.429. The van der Waals surface area contributed by atoms with Crippen molar-refractivity contribution in [2.45, 2.75) is 26.7 Å². The highest BCUT2D eigenvalue weighted by atomic mass is 16.6. The van der Waals surface area contributed by atoms with Crippen LogP contribution in [0.5, 0.6) is 0 Å². The summed E-state index contributed by atoms with van der Waals surface area (Å²) in [5.74, 6) is -1.73. The molecule has 0 unspecified atom stereocenters. The van der Waals surface area contributed by atoms with Crippen LogP contribution in [0.15, 0.2) is 24.3 Å². The fourth-order valence-electron chi connectivity index (χ4n) is 1.93. The molecular weight excluding hydrogens is 262 g/mol. The molecule has 6 heteroatoms. The van der Waals surface area contributed by atoms with Gasteiger partial charge in [0.15, 0.2) is 0 Å². The molecule has 1 rings (SSSR count). The Bertz CT molecular complexity index is 512. The van der Waals surface area contributed by atoms with E-state index >= 15 is 0 Å². The monoisotopic (exact) mass is 279 g/mol. The maximum absolute atomic E-state index is 11.6. The number of para-hydroxylation sites is 1. The third-order valence-electron chi connectivity index (χ3n) is 2.95. The molecule has 0 spiro atoms. The van der Waals surface area contributed by atoms with Crippen LogP contribution in [0.1, 0.15) is 25.8 Å². The molecule has 0 aliphatic carbocycles. The van der Waals surface area contributed by atoms with E-state index in [0.717, 1.165) is 0 Å². The first-order valence-corrected chi connectivity index (χ1v) is 6.36. The molecule has 0 N–H and O–H groups in total. The van der Waals surface area contributed by atoms with Gasteiger partial charge < -0.3 is 4.74 Å². The van der Waals surface area contributed by atoms with Gasteiger partial charge in [-0.25, -0.2) is 0 Å². The van der Waals surface area contributed by atoms with E-state index in [1.54, 1.807) is 25.1 Å². The Balaban J connectivity index is 2.80. The van der Waals surface area contributed by atoms with Gasteiger partial charge in [-0.05, 0) is 26.7 Å². The summed E-state index contributed by atoms with van der Waals surface area (Å²) < 4.78 is 4.84. The van der Waals surface area contributed by atoms with Gasteiger partial charge in [0, 0.05) is 11.6 Å². The lowest BCUT2D eigenvalue weighted by Crippen LogP contribution is -2.25. The number of benzene rings is 1. The molecule has 0 heterocycles. The Kier molecular flexibility index (Phi) is 5.83. The zero-order valence-corrected chi connectivity index (χ0v) is 11.5. The largest absolute Gasteiger partial charge is 0.465 e. The molecule has 0 aliphatic rings. The van der Waals surface area contributed by atoms with Gasteiger partial charge in [-0.3, -0.25) is 19.7 Å². The number of aryl methyl sites for hydroxylation is 1. The number of ketones is 1. The number of nitrogens with zero attached hydrogens (tertiary/aromatic N) is 1. The molecule has 0 saturated heterocycles. The Hall–Kier alpha value is -2.24. The van der Waals surface area contributed by atoms with E-state index in [1.807, 2.05) is 0 Å². The SMILES string of the molecule is CCOC(=O)[C@H](CCc1ccccc1[N+](=O)[O-])C(C)=O. The summed E-state index contributed by atoms with van der Waals surface area (Å²) in [5.41, 5.74) is 0.506. The van der Waals surface area contributed by atoms with E-state index in [9.17, 15) is 19.7 Å². The van der Waals surface area contributed by atoms with Crippen LogP contribution in [0.2, 0.25) is 0 Å². The van der Waals surface area contributed by atoms with Gasteiger partial charge in [0.1, 0.15) is 11.7 Å². The van der Waals surface area contributed by atoms with Crippen LogP contribution < -0.4 is 0 Å². The molecule has 0 bridgehead atoms. The summed E-state index contributed by atoms with van der Waals surface area (Å²) in [6, 6.07) is 6.30. The molecule has 0 radical (unpaired) electrons. The minimum Gasteiger partial charge on any atom is -0.465 e. The maximum Gasteiger partial charge on any atom is 0.316 e. The summed E-state index contributed by atoms with van der Waals surface area (Å²) in [6.07, 6.45) is 0.485. The van der Waals surface area contributed by atoms with Gasteiger partial charge in [-0.1, -0.05) is 18.2 Å². The van der Waals surface area contributed by atoms with Gasteiger partial charge in [-0.15, -0.1) is 0 Å². The average Bonchev–Trinajstić information content (AvgIpc) is 2.39. The Morgan fingerprint density at radius 1 is 1.35 bits per heavy atom. The van der Waals surface area contributed by atoms with Crippen LogP contribution in [0.3, 0.4) is 0 Å². The Labute approximate surface area is 116 Å². The number of nitro benzene ring substituents is 1. The lowest BCUT2D eigenvalue weighted by atomic mass is 9.95. The first-order chi connectivity index (χ1) is 9.47. The number of esters is 1. The molecule has 108 valence electrons. The molecule has 0 amide bonds. The zero-order valence-electron chi connectivity index (χ0n) is 11.5. The van der Waals surface area contributed by atoms with E-state index in [0.29, 0.717) is 5.56 Å². The molecule has 1 aromatic carbocycles. The van der Waals surface area contributed by atoms with E-state index in [4.69, 9.17) is 4.74 Å². The molecule has 1 atom stereocenters. The third kappa shape index (κ3) is 4.15. The minimum atomic E-state index is -0.866. The molecule has 20 heavy (non-hydrogen) atoms. The van der Waals surface area contributed by atoms with Gasteiger partial charge in [-0.2, -0.15) is 0 Å². The van der Waals surface area contributed by atoms with Crippen LogP contribution in [-0.4, -0.2) is 23.3 Å². The zero-order chi connectivity index (χ0) is 15.1. The molecule has 0 aliphatic heterocycles. The summed E-state index contributed by atoms with van der Waals surface area (Å²) >= 11 is 0. The molecule has 6 nitrogen and oxygen atoms in total. The minimum absolute atomic E-state index is 0.00124. The van der Waals surface area contributed by atoms with Crippen molar-refractivity contribution in [1.29, 1.82) is 0 Å². The first kappa shape index (κ1) is 15.8. The normalized spacial score (nSPS) is 11.7. The topological polar surface area (TPSA) is 86.5 Å². The Morgan fingerprint density at radius 3 is 2.55 bits per heavy atom. The number of Topliss-reactive ketones (excluding diaryl/α,β-unsaturated/α-hetero) is 1. The van der Waals surface area contributed by atoms with Crippen LogP contribution >= 0.6 is 0 Å². The Morgan fingerprint density at radius 2 is 2.00 bits per heavy atom. The molecule has 0 fully saturated rings. The van der Waals surface area contributed by atoms with Crippen molar-refractivity contribution in [1.82, 2.24) is 0 Å². The van der Waals surface area contributed by atoms with Gasteiger partial charge >= 0.3 is 5.97 Å². The fourth-order valence-corrected chi connectivity index (χ4v) is 1.93. The lowest BCUT2D eigenvalue weighted by molar-refractivity contribution is -0.385. The number of carbonyl (C=O) groups is 2. The number of nitro groups is 1. The van der Waals surface area contributed by atoms with Crippen molar-refractivity contribution in [3.63, 3.8) is 0 Å². The number of rotatable bonds is 7. The second kappa shape index (κ2) is 7.37. The van der Waals surface area contributed by atoms with Crippen molar-refractivity contribution in [3.05, 3.63) is 39.9 Å². The highest BCUT2D eigenvalue weighted by Gasteiger charge is 2.25. The van der Waals surface area contributed by atoms with Crippen LogP contribution in [0.4, 0.5) is 5.69 Å². The molecule has 0 saturated carbocycles. The quantitative estimate of drug-likeness (QED) is 0.331. The number of ether oxygens (including phenoxy) is 1. The lowest BCUT2D eigenvalue weighted by Gasteiger charge is -2.12. The summed E-state index contributed by atoms with van der Waals surface area (Å²) in [7, 11) is 0. The maximum atomic E-state index is 11.6. The summed E-state index contributed by atoms with van der Waals surface area (Å²) in [4.78, 5) is 33.5. The number of carbonyl (C=O) groups excluding carboxylic acids is 2. The molecule has 0 aromatic heterocycles. The second-order valence-electron chi connectivity index (χ2n) is 4.34.